The van der Waals surface area contributed by atoms with E-state index in [4.69, 9.17) is 18.9 Å². The van der Waals surface area contributed by atoms with Crippen molar-refractivity contribution < 1.29 is 18.9 Å². The third-order valence-corrected chi connectivity index (χ3v) is 6.93. The summed E-state index contributed by atoms with van der Waals surface area (Å²) in [5.74, 6) is 3.31. The predicted molar refractivity (Wildman–Crippen MR) is 190 cm³/mol. The first-order valence-corrected chi connectivity index (χ1v) is 15.7. The standard InChI is InChI=1S/C38H42N4O4/c1-5-43-31-17-9-27(10-18-31)39-35-25-37(41-29-13-21-33(22-14-29)45-7-3)38(42-30-15-23-34(24-16-30)46-8-4)26-36(35)40-28-11-19-32(20-12-28)44-6-2/h9-26,39-42H,5-8H2,1-4H3. The maximum atomic E-state index is 5.66. The second-order valence-electron chi connectivity index (χ2n) is 10.3. The number of nitrogens with one attached hydrogen (secondary N) is 4. The zero-order valence-corrected chi connectivity index (χ0v) is 26.9. The summed E-state index contributed by atoms with van der Waals surface area (Å²) < 4.78 is 22.6. The molecule has 8 nitrogen and oxygen atoms in total. The summed E-state index contributed by atoms with van der Waals surface area (Å²) in [4.78, 5) is 0. The molecule has 0 saturated heterocycles. The van der Waals surface area contributed by atoms with Crippen LogP contribution in [0.5, 0.6) is 23.0 Å². The van der Waals surface area contributed by atoms with Crippen molar-refractivity contribution in [2.75, 3.05) is 47.7 Å². The van der Waals surface area contributed by atoms with Crippen LogP contribution in [-0.2, 0) is 0 Å². The molecule has 0 aromatic heterocycles. The number of rotatable bonds is 16. The van der Waals surface area contributed by atoms with Crippen molar-refractivity contribution in [2.45, 2.75) is 27.7 Å². The third kappa shape index (κ3) is 8.79. The van der Waals surface area contributed by atoms with Crippen LogP contribution in [0.3, 0.4) is 0 Å². The minimum Gasteiger partial charge on any atom is -0.494 e. The minimum absolute atomic E-state index is 0.617. The molecule has 0 spiro atoms. The largest absolute Gasteiger partial charge is 0.494 e. The maximum absolute atomic E-state index is 5.66. The van der Waals surface area contributed by atoms with Crippen LogP contribution >= 0.6 is 0 Å². The van der Waals surface area contributed by atoms with Gasteiger partial charge in [-0.2, -0.15) is 0 Å². The van der Waals surface area contributed by atoms with Crippen LogP contribution < -0.4 is 40.2 Å². The lowest BCUT2D eigenvalue weighted by Gasteiger charge is -2.21. The molecule has 5 aromatic carbocycles. The van der Waals surface area contributed by atoms with Crippen molar-refractivity contribution in [1.82, 2.24) is 0 Å². The molecule has 0 aliphatic rings. The van der Waals surface area contributed by atoms with E-state index in [1.54, 1.807) is 0 Å². The van der Waals surface area contributed by atoms with Crippen LogP contribution in [0.4, 0.5) is 45.5 Å². The molecule has 46 heavy (non-hydrogen) atoms. The number of ether oxygens (including phenoxy) is 4. The number of anilines is 8. The Hall–Kier alpha value is -5.50. The Morgan fingerprint density at radius 3 is 0.696 bits per heavy atom. The van der Waals surface area contributed by atoms with Crippen LogP contribution in [0.1, 0.15) is 27.7 Å². The van der Waals surface area contributed by atoms with Gasteiger partial charge in [0.05, 0.1) is 49.2 Å². The van der Waals surface area contributed by atoms with Crippen molar-refractivity contribution in [3.05, 3.63) is 109 Å². The molecule has 0 amide bonds. The van der Waals surface area contributed by atoms with Gasteiger partial charge in [-0.05, 0) is 137 Å². The summed E-state index contributed by atoms with van der Waals surface area (Å²) in [6, 6.07) is 36.0. The Kier molecular flexibility index (Phi) is 11.1. The summed E-state index contributed by atoms with van der Waals surface area (Å²) in [5.41, 5.74) is 7.23. The number of hydrogen-bond donors (Lipinski definition) is 4. The molecule has 0 aliphatic heterocycles. The van der Waals surface area contributed by atoms with Crippen molar-refractivity contribution in [1.29, 1.82) is 0 Å². The van der Waals surface area contributed by atoms with E-state index < -0.39 is 0 Å². The fourth-order valence-electron chi connectivity index (χ4n) is 4.84. The average Bonchev–Trinajstić information content (AvgIpc) is 3.07. The summed E-state index contributed by atoms with van der Waals surface area (Å²) in [5, 5.41) is 14.4. The minimum atomic E-state index is 0.617. The van der Waals surface area contributed by atoms with Crippen molar-refractivity contribution in [3.8, 4) is 23.0 Å². The molecule has 5 aromatic rings. The summed E-state index contributed by atoms with van der Waals surface area (Å²) in [6.07, 6.45) is 0. The lowest BCUT2D eigenvalue weighted by Crippen LogP contribution is -2.04. The number of hydrogen-bond acceptors (Lipinski definition) is 8. The van der Waals surface area contributed by atoms with Gasteiger partial charge in [0.2, 0.25) is 0 Å². The summed E-state index contributed by atoms with van der Waals surface area (Å²) >= 11 is 0. The van der Waals surface area contributed by atoms with Gasteiger partial charge in [0.1, 0.15) is 23.0 Å². The molecular formula is C38H42N4O4. The molecule has 0 atom stereocenters. The topological polar surface area (TPSA) is 85.0 Å². The van der Waals surface area contributed by atoms with E-state index in [0.29, 0.717) is 26.4 Å². The lowest BCUT2D eigenvalue weighted by atomic mass is 10.1. The van der Waals surface area contributed by atoms with Gasteiger partial charge >= 0.3 is 0 Å². The van der Waals surface area contributed by atoms with Crippen LogP contribution in [0.15, 0.2) is 109 Å². The van der Waals surface area contributed by atoms with Gasteiger partial charge in [0, 0.05) is 22.7 Å². The zero-order chi connectivity index (χ0) is 32.1. The average molecular weight is 619 g/mol. The van der Waals surface area contributed by atoms with Gasteiger partial charge in [-0.15, -0.1) is 0 Å². The number of benzene rings is 5. The summed E-state index contributed by atoms with van der Waals surface area (Å²) in [7, 11) is 0. The van der Waals surface area contributed by atoms with Crippen LogP contribution in [-0.4, -0.2) is 26.4 Å². The van der Waals surface area contributed by atoms with E-state index in [-0.39, 0.29) is 0 Å². The Labute approximate surface area is 271 Å². The van der Waals surface area contributed by atoms with Crippen molar-refractivity contribution in [2.24, 2.45) is 0 Å². The molecule has 0 unspecified atom stereocenters. The van der Waals surface area contributed by atoms with Gasteiger partial charge in [0.25, 0.3) is 0 Å². The highest BCUT2D eigenvalue weighted by molar-refractivity contribution is 5.91. The van der Waals surface area contributed by atoms with Gasteiger partial charge < -0.3 is 40.2 Å². The first-order chi connectivity index (χ1) is 22.6. The SMILES string of the molecule is CCOc1ccc(Nc2cc(Nc3ccc(OCC)cc3)c(Nc3ccc(OCC)cc3)cc2Nc2ccc(OCC)cc2)cc1. The second kappa shape index (κ2) is 16.0. The molecule has 4 N–H and O–H groups in total. The smallest absolute Gasteiger partial charge is 0.119 e. The first-order valence-electron chi connectivity index (χ1n) is 15.7. The Balaban J connectivity index is 1.54. The molecule has 0 heterocycles. The third-order valence-electron chi connectivity index (χ3n) is 6.93. The Morgan fingerprint density at radius 2 is 0.522 bits per heavy atom. The van der Waals surface area contributed by atoms with E-state index in [9.17, 15) is 0 Å². The quantitative estimate of drug-likeness (QED) is 0.0869. The zero-order valence-electron chi connectivity index (χ0n) is 26.9. The highest BCUT2D eigenvalue weighted by Crippen LogP contribution is 2.40. The highest BCUT2D eigenvalue weighted by Gasteiger charge is 2.13. The van der Waals surface area contributed by atoms with Gasteiger partial charge in [-0.1, -0.05) is 0 Å². The van der Waals surface area contributed by atoms with Gasteiger partial charge in [-0.3, -0.25) is 0 Å². The molecule has 5 rings (SSSR count). The highest BCUT2D eigenvalue weighted by atomic mass is 16.5. The molecule has 0 fully saturated rings. The second-order valence-corrected chi connectivity index (χ2v) is 10.3. The van der Waals surface area contributed by atoms with Gasteiger partial charge in [0.15, 0.2) is 0 Å². The fraction of sp³-hybridized carbons (Fsp3) is 0.211. The first kappa shape index (κ1) is 31.9. The normalized spacial score (nSPS) is 10.5. The van der Waals surface area contributed by atoms with Crippen LogP contribution in [0.2, 0.25) is 0 Å². The molecular weight excluding hydrogens is 576 g/mol. The van der Waals surface area contributed by atoms with Gasteiger partial charge in [-0.25, -0.2) is 0 Å². The van der Waals surface area contributed by atoms with Crippen LogP contribution in [0.25, 0.3) is 0 Å². The lowest BCUT2D eigenvalue weighted by molar-refractivity contribution is 0.340. The van der Waals surface area contributed by atoms with E-state index in [2.05, 4.69) is 33.4 Å². The molecule has 238 valence electrons. The molecule has 0 bridgehead atoms. The maximum Gasteiger partial charge on any atom is 0.119 e. The molecule has 0 aliphatic carbocycles. The van der Waals surface area contributed by atoms with E-state index in [1.807, 2.05) is 125 Å². The monoisotopic (exact) mass is 618 g/mol. The van der Waals surface area contributed by atoms with E-state index >= 15 is 0 Å². The molecule has 8 heteroatoms. The predicted octanol–water partition coefficient (Wildman–Crippen LogP) is 10.3. The van der Waals surface area contributed by atoms with Crippen LogP contribution in [0, 0.1) is 0 Å². The van der Waals surface area contributed by atoms with E-state index in [1.165, 1.54) is 0 Å². The Bertz CT molecular complexity index is 1410. The van der Waals surface area contributed by atoms with Crippen molar-refractivity contribution >= 4 is 45.5 Å². The van der Waals surface area contributed by atoms with Crippen molar-refractivity contribution in [3.63, 3.8) is 0 Å². The summed E-state index contributed by atoms with van der Waals surface area (Å²) in [6.45, 7) is 10.4. The molecule has 0 radical (unpaired) electrons. The Morgan fingerprint density at radius 1 is 0.326 bits per heavy atom. The fourth-order valence-corrected chi connectivity index (χ4v) is 4.84. The molecule has 0 saturated carbocycles. The van der Waals surface area contributed by atoms with E-state index in [0.717, 1.165) is 68.5 Å².